The molecule has 0 radical (unpaired) electrons. The summed E-state index contributed by atoms with van der Waals surface area (Å²) in [5.41, 5.74) is 7.92. The number of nitrogens with two attached hydrogens (primary N) is 1. The second kappa shape index (κ2) is 5.38. The van der Waals surface area contributed by atoms with Gasteiger partial charge in [0.05, 0.1) is 5.69 Å². The molecule has 18 heavy (non-hydrogen) atoms. The van der Waals surface area contributed by atoms with Crippen LogP contribution in [0.5, 0.6) is 0 Å². The molecule has 2 N–H and O–H groups in total. The first-order valence-corrected chi connectivity index (χ1v) is 5.98. The van der Waals surface area contributed by atoms with Gasteiger partial charge in [-0.3, -0.25) is 0 Å². The summed E-state index contributed by atoms with van der Waals surface area (Å²) in [6.07, 6.45) is 0. The summed E-state index contributed by atoms with van der Waals surface area (Å²) in [6, 6.07) is 12.0. The summed E-state index contributed by atoms with van der Waals surface area (Å²) in [5.74, 6) is -0.275. The zero-order valence-corrected chi connectivity index (χ0v) is 10.8. The van der Waals surface area contributed by atoms with Crippen LogP contribution in [0.4, 0.5) is 15.8 Å². The van der Waals surface area contributed by atoms with Crippen LogP contribution in [0.15, 0.2) is 42.5 Å². The average Bonchev–Trinajstić information content (AvgIpc) is 2.38. The second-order valence-corrected chi connectivity index (χ2v) is 4.42. The van der Waals surface area contributed by atoms with Gasteiger partial charge in [0, 0.05) is 24.3 Å². The van der Waals surface area contributed by atoms with Crippen LogP contribution in [0.1, 0.15) is 5.56 Å². The van der Waals surface area contributed by atoms with Gasteiger partial charge in [-0.15, -0.1) is 0 Å². The number of nitrogens with zero attached hydrogens (tertiary/aromatic N) is 1. The van der Waals surface area contributed by atoms with Gasteiger partial charge >= 0.3 is 0 Å². The Bertz CT molecular complexity index is 557. The molecule has 0 spiro atoms. The van der Waals surface area contributed by atoms with Crippen LogP contribution in [0.2, 0.25) is 5.02 Å². The van der Waals surface area contributed by atoms with Crippen molar-refractivity contribution in [3.63, 3.8) is 0 Å². The van der Waals surface area contributed by atoms with E-state index in [1.54, 1.807) is 42.3 Å². The van der Waals surface area contributed by atoms with E-state index >= 15 is 0 Å². The molecule has 0 heterocycles. The zero-order valence-electron chi connectivity index (χ0n) is 10.0. The number of anilines is 2. The van der Waals surface area contributed by atoms with E-state index in [0.717, 1.165) is 11.3 Å². The Kier molecular flexibility index (Phi) is 3.84. The van der Waals surface area contributed by atoms with E-state index in [1.807, 2.05) is 6.07 Å². The standard InChI is InChI=1S/C14H14ClFN2/c1-18(13-5-3-2-4-12(13)16)14-8-11(15)7-6-10(14)9-17/h2-8H,9,17H2,1H3. The van der Waals surface area contributed by atoms with E-state index in [0.29, 0.717) is 17.3 Å². The van der Waals surface area contributed by atoms with Gasteiger partial charge in [-0.25, -0.2) is 4.39 Å². The fourth-order valence-electron chi connectivity index (χ4n) is 1.88. The lowest BCUT2D eigenvalue weighted by Crippen LogP contribution is -2.14. The van der Waals surface area contributed by atoms with E-state index in [4.69, 9.17) is 17.3 Å². The van der Waals surface area contributed by atoms with Gasteiger partial charge in [0.15, 0.2) is 0 Å². The maximum atomic E-state index is 13.8. The molecule has 0 unspecified atom stereocenters. The van der Waals surface area contributed by atoms with E-state index in [1.165, 1.54) is 6.07 Å². The Morgan fingerprint density at radius 1 is 1.17 bits per heavy atom. The van der Waals surface area contributed by atoms with Gasteiger partial charge in [0.25, 0.3) is 0 Å². The molecule has 2 aromatic rings. The van der Waals surface area contributed by atoms with Crippen molar-refractivity contribution < 1.29 is 4.39 Å². The highest BCUT2D eigenvalue weighted by atomic mass is 35.5. The predicted molar refractivity (Wildman–Crippen MR) is 73.8 cm³/mol. The van der Waals surface area contributed by atoms with Crippen molar-refractivity contribution in [1.82, 2.24) is 0 Å². The van der Waals surface area contributed by atoms with Crippen LogP contribution in [-0.4, -0.2) is 7.05 Å². The lowest BCUT2D eigenvalue weighted by atomic mass is 10.1. The van der Waals surface area contributed by atoms with E-state index < -0.39 is 0 Å². The number of benzene rings is 2. The quantitative estimate of drug-likeness (QED) is 0.916. The Morgan fingerprint density at radius 2 is 1.89 bits per heavy atom. The second-order valence-electron chi connectivity index (χ2n) is 3.99. The molecule has 4 heteroatoms. The maximum Gasteiger partial charge on any atom is 0.146 e. The largest absolute Gasteiger partial charge is 0.342 e. The normalized spacial score (nSPS) is 10.4. The highest BCUT2D eigenvalue weighted by Crippen LogP contribution is 2.30. The molecule has 0 saturated heterocycles. The molecule has 2 nitrogen and oxygen atoms in total. The molecule has 94 valence electrons. The first-order chi connectivity index (χ1) is 8.63. The smallest absolute Gasteiger partial charge is 0.146 e. The number of halogens is 2. The number of hydrogen-bond acceptors (Lipinski definition) is 2. The van der Waals surface area contributed by atoms with Gasteiger partial charge in [-0.1, -0.05) is 29.8 Å². The molecular formula is C14H14ClFN2. The molecule has 0 amide bonds. The summed E-state index contributed by atoms with van der Waals surface area (Å²) >= 11 is 5.98. The van der Waals surface area contributed by atoms with Crippen molar-refractivity contribution in [3.8, 4) is 0 Å². The van der Waals surface area contributed by atoms with Gasteiger partial charge in [-0.05, 0) is 29.8 Å². The van der Waals surface area contributed by atoms with E-state index in [-0.39, 0.29) is 5.82 Å². The lowest BCUT2D eigenvalue weighted by Gasteiger charge is -2.23. The minimum Gasteiger partial charge on any atom is -0.342 e. The third-order valence-electron chi connectivity index (χ3n) is 2.84. The van der Waals surface area contributed by atoms with Gasteiger partial charge < -0.3 is 10.6 Å². The van der Waals surface area contributed by atoms with Crippen molar-refractivity contribution in [3.05, 3.63) is 58.9 Å². The maximum absolute atomic E-state index is 13.8. The first-order valence-electron chi connectivity index (χ1n) is 5.60. The van der Waals surface area contributed by atoms with Gasteiger partial charge in [0.1, 0.15) is 5.82 Å². The monoisotopic (exact) mass is 264 g/mol. The van der Waals surface area contributed by atoms with Crippen LogP contribution in [-0.2, 0) is 6.54 Å². The lowest BCUT2D eigenvalue weighted by molar-refractivity contribution is 0.627. The molecule has 2 rings (SSSR count). The summed E-state index contributed by atoms with van der Waals surface area (Å²) < 4.78 is 13.8. The van der Waals surface area contributed by atoms with Crippen LogP contribution >= 0.6 is 11.6 Å². The number of para-hydroxylation sites is 1. The molecule has 2 aromatic carbocycles. The fraction of sp³-hybridized carbons (Fsp3) is 0.143. The predicted octanol–water partition coefficient (Wildman–Crippen LogP) is 3.71. The average molecular weight is 265 g/mol. The highest BCUT2D eigenvalue weighted by Gasteiger charge is 2.12. The molecule has 0 aromatic heterocycles. The molecule has 0 saturated carbocycles. The van der Waals surface area contributed by atoms with Crippen molar-refractivity contribution >= 4 is 23.0 Å². The van der Waals surface area contributed by atoms with Crippen LogP contribution in [0.3, 0.4) is 0 Å². The van der Waals surface area contributed by atoms with Crippen molar-refractivity contribution in [1.29, 1.82) is 0 Å². The molecule has 0 aliphatic carbocycles. The first kappa shape index (κ1) is 12.9. The van der Waals surface area contributed by atoms with E-state index in [2.05, 4.69) is 0 Å². The molecular weight excluding hydrogens is 251 g/mol. The zero-order chi connectivity index (χ0) is 13.1. The van der Waals surface area contributed by atoms with Gasteiger partial charge in [0.2, 0.25) is 0 Å². The molecule has 0 bridgehead atoms. The molecule has 0 aliphatic heterocycles. The number of rotatable bonds is 3. The van der Waals surface area contributed by atoms with Crippen LogP contribution in [0, 0.1) is 5.82 Å². The molecule has 0 atom stereocenters. The number of hydrogen-bond donors (Lipinski definition) is 1. The molecule has 0 fully saturated rings. The van der Waals surface area contributed by atoms with Crippen LogP contribution in [0.25, 0.3) is 0 Å². The van der Waals surface area contributed by atoms with Crippen LogP contribution < -0.4 is 10.6 Å². The summed E-state index contributed by atoms with van der Waals surface area (Å²) in [4.78, 5) is 1.75. The third-order valence-corrected chi connectivity index (χ3v) is 3.08. The van der Waals surface area contributed by atoms with E-state index in [9.17, 15) is 4.39 Å². The summed E-state index contributed by atoms with van der Waals surface area (Å²) in [6.45, 7) is 0.380. The Labute approximate surface area is 111 Å². The molecule has 0 aliphatic rings. The summed E-state index contributed by atoms with van der Waals surface area (Å²) in [7, 11) is 1.79. The fourth-order valence-corrected chi connectivity index (χ4v) is 2.04. The summed E-state index contributed by atoms with van der Waals surface area (Å²) in [5, 5.41) is 0.602. The topological polar surface area (TPSA) is 29.3 Å². The Balaban J connectivity index is 2.48. The van der Waals surface area contributed by atoms with Gasteiger partial charge in [-0.2, -0.15) is 0 Å². The highest BCUT2D eigenvalue weighted by molar-refractivity contribution is 6.30. The SMILES string of the molecule is CN(c1ccccc1F)c1cc(Cl)ccc1CN. The third kappa shape index (κ3) is 2.47. The van der Waals surface area contributed by atoms with Crippen molar-refractivity contribution in [2.75, 3.05) is 11.9 Å². The Hall–Kier alpha value is -1.58. The Morgan fingerprint density at radius 3 is 2.56 bits per heavy atom. The van der Waals surface area contributed by atoms with Crippen molar-refractivity contribution in [2.45, 2.75) is 6.54 Å². The minimum absolute atomic E-state index is 0.275. The minimum atomic E-state index is -0.275. The van der Waals surface area contributed by atoms with Crippen molar-refractivity contribution in [2.24, 2.45) is 5.73 Å².